The first kappa shape index (κ1) is 19.8. The normalized spacial score (nSPS) is 12.5. The average Bonchev–Trinajstić information content (AvgIpc) is 2.70. The number of nitrogens with zero attached hydrogens (tertiary/aromatic N) is 1. The Morgan fingerprint density at radius 1 is 0.963 bits per heavy atom. The first-order valence-corrected chi connectivity index (χ1v) is 9.37. The second-order valence-corrected chi connectivity index (χ2v) is 6.88. The molecule has 0 atom stereocenters. The number of benzene rings is 2. The van der Waals surface area contributed by atoms with Gasteiger partial charge >= 0.3 is 0 Å². The fraction of sp³-hybridized carbons (Fsp3) is 0.400. The van der Waals surface area contributed by atoms with Gasteiger partial charge in [-0.15, -0.1) is 0 Å². The molecule has 0 bridgehead atoms. The van der Waals surface area contributed by atoms with Crippen LogP contribution in [0.2, 0.25) is 0 Å². The molecular weight excluding hydrogens is 366 g/mol. The summed E-state index contributed by atoms with van der Waals surface area (Å²) in [6.45, 7) is 1.63. The first-order valence-electron chi connectivity index (χ1n) is 8.55. The lowest BCUT2D eigenvalue weighted by Crippen LogP contribution is -2.16. The Bertz CT molecular complexity index is 783. The average molecular weight is 390 g/mol. The highest BCUT2D eigenvalue weighted by Crippen LogP contribution is 2.51. The smallest absolute Gasteiger partial charge is 0.147 e. The van der Waals surface area contributed by atoms with E-state index in [1.807, 2.05) is 25.2 Å². The van der Waals surface area contributed by atoms with Gasteiger partial charge in [0.1, 0.15) is 18.3 Å². The number of hydrogen-bond donors (Lipinski definition) is 0. The van der Waals surface area contributed by atoms with Crippen molar-refractivity contribution in [3.8, 4) is 11.5 Å². The van der Waals surface area contributed by atoms with Crippen LogP contribution in [0.5, 0.6) is 11.5 Å². The minimum absolute atomic E-state index is 0.202. The fourth-order valence-electron chi connectivity index (χ4n) is 2.85. The van der Waals surface area contributed by atoms with Gasteiger partial charge in [-0.2, -0.15) is 0 Å². The lowest BCUT2D eigenvalue weighted by molar-refractivity contribution is -0.0732. The zero-order valence-corrected chi connectivity index (χ0v) is 16.9. The van der Waals surface area contributed by atoms with E-state index in [0.29, 0.717) is 25.6 Å². The zero-order valence-electron chi connectivity index (χ0n) is 16.0. The maximum atomic E-state index is 5.72. The van der Waals surface area contributed by atoms with Crippen molar-refractivity contribution in [2.45, 2.75) is 16.4 Å². The summed E-state index contributed by atoms with van der Waals surface area (Å²) in [5.74, 6) is 1.50. The second-order valence-electron chi connectivity index (χ2n) is 5.86. The summed E-state index contributed by atoms with van der Waals surface area (Å²) in [5, 5.41) is 0. The van der Waals surface area contributed by atoms with E-state index in [-0.39, 0.29) is 6.79 Å². The van der Waals surface area contributed by atoms with Crippen LogP contribution in [0.3, 0.4) is 0 Å². The monoisotopic (exact) mass is 390 g/mol. The lowest BCUT2D eigenvalue weighted by atomic mass is 10.1. The Hall–Kier alpha value is -1.93. The summed E-state index contributed by atoms with van der Waals surface area (Å²) in [5.41, 5.74) is 3.18. The van der Waals surface area contributed by atoms with E-state index in [1.54, 1.807) is 33.1 Å². The molecule has 0 fully saturated rings. The van der Waals surface area contributed by atoms with E-state index >= 15 is 0 Å². The third-order valence-electron chi connectivity index (χ3n) is 4.27. The second kappa shape index (κ2) is 9.32. The van der Waals surface area contributed by atoms with Gasteiger partial charge in [-0.1, -0.05) is 11.8 Å². The van der Waals surface area contributed by atoms with Crippen LogP contribution in [0, 0.1) is 6.07 Å². The van der Waals surface area contributed by atoms with Gasteiger partial charge in [-0.3, -0.25) is 0 Å². The molecule has 27 heavy (non-hydrogen) atoms. The van der Waals surface area contributed by atoms with Gasteiger partial charge in [-0.25, -0.2) is 0 Å². The minimum atomic E-state index is 0.202. The number of fused-ring (bicyclic) bond motifs is 2. The van der Waals surface area contributed by atoms with Gasteiger partial charge in [0.05, 0.1) is 45.4 Å². The van der Waals surface area contributed by atoms with Crippen molar-refractivity contribution in [3.05, 3.63) is 35.9 Å². The number of methoxy groups -OCH3 is 3. The zero-order chi connectivity index (χ0) is 19.2. The SMILES string of the molecule is COCCOCOCc1c(OC)ccc2c1Sc1[c]c(OC)ccc1N2C. The van der Waals surface area contributed by atoms with Crippen molar-refractivity contribution in [1.82, 2.24) is 0 Å². The molecule has 145 valence electrons. The fourth-order valence-corrected chi connectivity index (χ4v) is 4.11. The molecule has 0 aliphatic carbocycles. The van der Waals surface area contributed by atoms with Gasteiger partial charge in [0.15, 0.2) is 0 Å². The summed E-state index contributed by atoms with van der Waals surface area (Å²) in [6.07, 6.45) is 0. The highest BCUT2D eigenvalue weighted by molar-refractivity contribution is 7.99. The van der Waals surface area contributed by atoms with Crippen molar-refractivity contribution >= 4 is 23.1 Å². The Morgan fingerprint density at radius 3 is 2.52 bits per heavy atom. The molecule has 2 aromatic carbocycles. The van der Waals surface area contributed by atoms with Crippen LogP contribution in [0.25, 0.3) is 0 Å². The molecule has 1 aliphatic rings. The number of anilines is 2. The van der Waals surface area contributed by atoms with Gasteiger partial charge in [0.2, 0.25) is 0 Å². The van der Waals surface area contributed by atoms with Crippen LogP contribution in [-0.4, -0.2) is 48.4 Å². The molecule has 3 rings (SSSR count). The van der Waals surface area contributed by atoms with E-state index in [2.05, 4.69) is 17.0 Å². The Labute approximate surface area is 164 Å². The highest BCUT2D eigenvalue weighted by Gasteiger charge is 2.26. The molecule has 1 heterocycles. The molecule has 2 aromatic rings. The summed E-state index contributed by atoms with van der Waals surface area (Å²) in [6, 6.07) is 11.3. The van der Waals surface area contributed by atoms with Crippen LogP contribution in [-0.2, 0) is 20.8 Å². The van der Waals surface area contributed by atoms with Crippen LogP contribution in [0.4, 0.5) is 11.4 Å². The Balaban J connectivity index is 1.84. The largest absolute Gasteiger partial charge is 0.496 e. The number of hydrogen-bond acceptors (Lipinski definition) is 7. The molecule has 0 N–H and O–H groups in total. The van der Waals surface area contributed by atoms with Crippen molar-refractivity contribution in [2.24, 2.45) is 0 Å². The van der Waals surface area contributed by atoms with Crippen LogP contribution in [0.15, 0.2) is 34.1 Å². The van der Waals surface area contributed by atoms with Crippen molar-refractivity contribution < 1.29 is 23.7 Å². The van der Waals surface area contributed by atoms with Crippen LogP contribution in [0.1, 0.15) is 5.56 Å². The minimum Gasteiger partial charge on any atom is -0.496 e. The van der Waals surface area contributed by atoms with Gasteiger partial charge < -0.3 is 28.6 Å². The molecule has 1 radical (unpaired) electrons. The third-order valence-corrected chi connectivity index (χ3v) is 5.45. The third kappa shape index (κ3) is 4.32. The summed E-state index contributed by atoms with van der Waals surface area (Å²) >= 11 is 1.65. The van der Waals surface area contributed by atoms with Crippen LogP contribution < -0.4 is 14.4 Å². The lowest BCUT2D eigenvalue weighted by Gasteiger charge is -2.31. The summed E-state index contributed by atoms with van der Waals surface area (Å²) in [4.78, 5) is 4.25. The quantitative estimate of drug-likeness (QED) is 0.476. The predicted octanol–water partition coefficient (Wildman–Crippen LogP) is 3.87. The van der Waals surface area contributed by atoms with E-state index in [4.69, 9.17) is 23.7 Å². The predicted molar refractivity (Wildman–Crippen MR) is 104 cm³/mol. The molecule has 7 heteroatoms. The molecule has 0 spiro atoms. The van der Waals surface area contributed by atoms with E-state index in [9.17, 15) is 0 Å². The molecule has 0 saturated heterocycles. The topological polar surface area (TPSA) is 49.4 Å². The van der Waals surface area contributed by atoms with E-state index in [1.165, 1.54) is 0 Å². The van der Waals surface area contributed by atoms with Gasteiger partial charge in [0.25, 0.3) is 0 Å². The first-order chi connectivity index (χ1) is 13.2. The summed E-state index contributed by atoms with van der Waals surface area (Å²) < 4.78 is 27.0. The highest BCUT2D eigenvalue weighted by atomic mass is 32.2. The molecule has 0 unspecified atom stereocenters. The Kier molecular flexibility index (Phi) is 6.84. The Morgan fingerprint density at radius 2 is 1.78 bits per heavy atom. The van der Waals surface area contributed by atoms with Crippen molar-refractivity contribution in [3.63, 3.8) is 0 Å². The van der Waals surface area contributed by atoms with Crippen LogP contribution >= 0.6 is 11.8 Å². The number of ether oxygens (including phenoxy) is 5. The molecule has 1 aliphatic heterocycles. The molecular formula is C20H24NO5S. The van der Waals surface area contributed by atoms with E-state index in [0.717, 1.165) is 32.5 Å². The molecule has 6 nitrogen and oxygen atoms in total. The maximum absolute atomic E-state index is 5.72. The maximum Gasteiger partial charge on any atom is 0.147 e. The number of rotatable bonds is 9. The van der Waals surface area contributed by atoms with Gasteiger partial charge in [-0.05, 0) is 24.3 Å². The molecule has 0 saturated carbocycles. The molecule has 0 amide bonds. The summed E-state index contributed by atoms with van der Waals surface area (Å²) in [7, 11) is 7.00. The van der Waals surface area contributed by atoms with Gasteiger partial charge in [0, 0.05) is 35.6 Å². The standard InChI is InChI=1S/C20H24NO5S/c1-21-16-6-5-14(23-3)11-19(16)27-20-15(12-26-13-25-10-9-22-2)18(24-4)8-7-17(20)21/h5-8H,9-10,12-13H2,1-4H3. The van der Waals surface area contributed by atoms with Crippen molar-refractivity contribution in [1.29, 1.82) is 0 Å². The van der Waals surface area contributed by atoms with E-state index < -0.39 is 0 Å². The molecule has 0 aromatic heterocycles. The van der Waals surface area contributed by atoms with Crippen molar-refractivity contribution in [2.75, 3.05) is 53.3 Å².